The third kappa shape index (κ3) is 3.82. The Morgan fingerprint density at radius 2 is 1.97 bits per heavy atom. The summed E-state index contributed by atoms with van der Waals surface area (Å²) < 4.78 is 1.68. The van der Waals surface area contributed by atoms with E-state index >= 15 is 0 Å². The zero-order chi connectivity index (χ0) is 19.1. The van der Waals surface area contributed by atoms with Crippen molar-refractivity contribution in [1.29, 1.82) is 0 Å². The number of carbonyl (C=O) groups is 1. The number of nitrogens with zero attached hydrogens (tertiary/aromatic N) is 3. The first-order valence-corrected chi connectivity index (χ1v) is 10.6. The van der Waals surface area contributed by atoms with Crippen LogP contribution in [-0.4, -0.2) is 33.8 Å². The number of aromatic nitrogens is 3. The van der Waals surface area contributed by atoms with E-state index in [1.807, 2.05) is 13.1 Å². The van der Waals surface area contributed by atoms with Crippen LogP contribution in [0.1, 0.15) is 45.4 Å². The zero-order valence-corrected chi connectivity index (χ0v) is 17.9. The molecule has 1 amide bonds. The molecule has 29 heavy (non-hydrogen) atoms. The summed E-state index contributed by atoms with van der Waals surface area (Å²) >= 11 is 1.57. The second kappa shape index (κ2) is 8.26. The average Bonchev–Trinajstić information content (AvgIpc) is 3.33. The van der Waals surface area contributed by atoms with Crippen molar-refractivity contribution in [2.75, 3.05) is 18.4 Å². The summed E-state index contributed by atoms with van der Waals surface area (Å²) in [6, 6.07) is 10.5. The summed E-state index contributed by atoms with van der Waals surface area (Å²) in [7, 11) is 1.84. The minimum absolute atomic E-state index is 0. The molecule has 8 heteroatoms. The van der Waals surface area contributed by atoms with Gasteiger partial charge in [-0.05, 0) is 61.5 Å². The standard InChI is InChI=1S/C21H23N5OS.ClH/c1-26-21(23-19(25-26)14-8-10-22-11-9-14)24-20(27)17-12-15-7-6-13-4-2-3-5-16(13)18(15)28-17;/h2-5,12,14,22H,6-11H2,1H3,(H,23,24,25,27);1H. The highest BCUT2D eigenvalue weighted by Crippen LogP contribution is 2.39. The number of nitrogens with one attached hydrogen (secondary N) is 2. The number of halogens is 1. The van der Waals surface area contributed by atoms with E-state index in [1.54, 1.807) is 16.0 Å². The molecule has 2 aromatic heterocycles. The van der Waals surface area contributed by atoms with Gasteiger partial charge in [0.25, 0.3) is 5.91 Å². The lowest BCUT2D eigenvalue weighted by Gasteiger charge is -2.19. The van der Waals surface area contributed by atoms with Crippen LogP contribution in [0.25, 0.3) is 10.4 Å². The van der Waals surface area contributed by atoms with Gasteiger partial charge in [-0.3, -0.25) is 10.1 Å². The third-order valence-electron chi connectivity index (χ3n) is 5.67. The molecule has 5 rings (SSSR count). The van der Waals surface area contributed by atoms with Crippen LogP contribution in [0, 0.1) is 0 Å². The summed E-state index contributed by atoms with van der Waals surface area (Å²) in [5.74, 6) is 1.61. The molecule has 1 aliphatic heterocycles. The Labute approximate surface area is 180 Å². The van der Waals surface area contributed by atoms with Crippen molar-refractivity contribution < 1.29 is 4.79 Å². The Balaban J connectivity index is 0.00000205. The van der Waals surface area contributed by atoms with Gasteiger partial charge in [-0.25, -0.2) is 4.68 Å². The summed E-state index contributed by atoms with van der Waals surface area (Å²) in [5.41, 5.74) is 3.89. The number of anilines is 1. The number of benzene rings is 1. The fourth-order valence-corrected chi connectivity index (χ4v) is 5.28. The van der Waals surface area contributed by atoms with E-state index in [9.17, 15) is 4.79 Å². The molecule has 6 nitrogen and oxygen atoms in total. The van der Waals surface area contributed by atoms with Crippen molar-refractivity contribution in [1.82, 2.24) is 20.1 Å². The van der Waals surface area contributed by atoms with Crippen LogP contribution in [0.2, 0.25) is 0 Å². The first-order valence-electron chi connectivity index (χ1n) is 9.83. The zero-order valence-electron chi connectivity index (χ0n) is 16.3. The van der Waals surface area contributed by atoms with Gasteiger partial charge in [0.15, 0.2) is 5.82 Å². The molecule has 0 spiro atoms. The van der Waals surface area contributed by atoms with Gasteiger partial charge in [-0.15, -0.1) is 23.7 Å². The smallest absolute Gasteiger partial charge is 0.268 e. The number of hydrogen-bond donors (Lipinski definition) is 2. The van der Waals surface area contributed by atoms with E-state index in [4.69, 9.17) is 0 Å². The molecular formula is C21H24ClN5OS. The van der Waals surface area contributed by atoms with Crippen molar-refractivity contribution in [3.05, 3.63) is 52.2 Å². The number of hydrogen-bond acceptors (Lipinski definition) is 5. The molecule has 3 aromatic rings. The minimum atomic E-state index is -0.107. The highest BCUT2D eigenvalue weighted by molar-refractivity contribution is 7.17. The molecular weight excluding hydrogens is 406 g/mol. The molecule has 0 radical (unpaired) electrons. The van der Waals surface area contributed by atoms with Gasteiger partial charge in [0.1, 0.15) is 0 Å². The topological polar surface area (TPSA) is 71.8 Å². The molecule has 0 atom stereocenters. The van der Waals surface area contributed by atoms with Crippen LogP contribution in [0.4, 0.5) is 5.95 Å². The van der Waals surface area contributed by atoms with E-state index < -0.39 is 0 Å². The van der Waals surface area contributed by atoms with Gasteiger partial charge in [0, 0.05) is 17.8 Å². The van der Waals surface area contributed by atoms with E-state index in [2.05, 4.69) is 45.0 Å². The van der Waals surface area contributed by atoms with Crippen molar-refractivity contribution in [2.24, 2.45) is 7.05 Å². The van der Waals surface area contributed by atoms with E-state index in [0.29, 0.717) is 11.9 Å². The average molecular weight is 430 g/mol. The minimum Gasteiger partial charge on any atom is -0.317 e. The molecule has 1 aliphatic carbocycles. The van der Waals surface area contributed by atoms with Crippen LogP contribution in [0.15, 0.2) is 30.3 Å². The van der Waals surface area contributed by atoms with Crippen molar-refractivity contribution >= 4 is 35.6 Å². The van der Waals surface area contributed by atoms with Gasteiger partial charge in [0.2, 0.25) is 5.95 Å². The molecule has 152 valence electrons. The third-order valence-corrected chi connectivity index (χ3v) is 6.88. The second-order valence-electron chi connectivity index (χ2n) is 7.52. The highest BCUT2D eigenvalue weighted by Gasteiger charge is 2.24. The largest absolute Gasteiger partial charge is 0.317 e. The molecule has 0 unspecified atom stereocenters. The quantitative estimate of drug-likeness (QED) is 0.664. The molecule has 3 heterocycles. The predicted octanol–water partition coefficient (Wildman–Crippen LogP) is 3.78. The van der Waals surface area contributed by atoms with Crippen molar-refractivity contribution in [2.45, 2.75) is 31.6 Å². The van der Waals surface area contributed by atoms with E-state index in [-0.39, 0.29) is 18.3 Å². The van der Waals surface area contributed by atoms with Crippen LogP contribution < -0.4 is 10.6 Å². The molecule has 1 aromatic carbocycles. The Morgan fingerprint density at radius 3 is 2.79 bits per heavy atom. The summed E-state index contributed by atoms with van der Waals surface area (Å²) in [6.07, 6.45) is 4.09. The normalized spacial score (nSPS) is 15.9. The van der Waals surface area contributed by atoms with E-state index in [0.717, 1.165) is 49.5 Å². The number of aryl methyl sites for hydroxylation is 3. The summed E-state index contributed by atoms with van der Waals surface area (Å²) in [4.78, 5) is 19.5. The maximum Gasteiger partial charge on any atom is 0.268 e. The van der Waals surface area contributed by atoms with Crippen molar-refractivity contribution in [3.63, 3.8) is 0 Å². The molecule has 1 fully saturated rings. The number of amides is 1. The summed E-state index contributed by atoms with van der Waals surface area (Å²) in [6.45, 7) is 1.99. The Bertz CT molecular complexity index is 1040. The number of thiophene rings is 1. The van der Waals surface area contributed by atoms with Crippen LogP contribution in [-0.2, 0) is 19.9 Å². The second-order valence-corrected chi connectivity index (χ2v) is 8.57. The number of piperidine rings is 1. The van der Waals surface area contributed by atoms with Gasteiger partial charge in [0.05, 0.1) is 4.88 Å². The molecule has 2 aliphatic rings. The molecule has 2 N–H and O–H groups in total. The molecule has 0 bridgehead atoms. The number of carbonyl (C=O) groups excluding carboxylic acids is 1. The Morgan fingerprint density at radius 1 is 1.21 bits per heavy atom. The lowest BCUT2D eigenvalue weighted by molar-refractivity contribution is 0.102. The van der Waals surface area contributed by atoms with E-state index in [1.165, 1.54) is 21.6 Å². The monoisotopic (exact) mass is 429 g/mol. The first-order chi connectivity index (χ1) is 13.7. The van der Waals surface area contributed by atoms with Gasteiger partial charge >= 0.3 is 0 Å². The summed E-state index contributed by atoms with van der Waals surface area (Å²) in [5, 5.41) is 10.9. The molecule has 1 saturated heterocycles. The van der Waals surface area contributed by atoms with Gasteiger partial charge < -0.3 is 5.32 Å². The number of rotatable bonds is 3. The van der Waals surface area contributed by atoms with Gasteiger partial charge in [-0.1, -0.05) is 24.3 Å². The van der Waals surface area contributed by atoms with Crippen LogP contribution >= 0.6 is 23.7 Å². The maximum atomic E-state index is 12.9. The Kier molecular flexibility index (Phi) is 5.72. The fraction of sp³-hybridized carbons (Fsp3) is 0.381. The highest BCUT2D eigenvalue weighted by atomic mass is 35.5. The lowest BCUT2D eigenvalue weighted by Crippen LogP contribution is -2.27. The SMILES string of the molecule is Cl.Cn1nc(C2CCNCC2)nc1NC(=O)c1cc2c(s1)-c1ccccc1CC2. The lowest BCUT2D eigenvalue weighted by atomic mass is 9.91. The van der Waals surface area contributed by atoms with Gasteiger partial charge in [-0.2, -0.15) is 10.1 Å². The molecule has 0 saturated carbocycles. The number of fused-ring (bicyclic) bond motifs is 3. The van der Waals surface area contributed by atoms with Crippen LogP contribution in [0.5, 0.6) is 0 Å². The van der Waals surface area contributed by atoms with Crippen LogP contribution in [0.3, 0.4) is 0 Å². The maximum absolute atomic E-state index is 12.9. The fourth-order valence-electron chi connectivity index (χ4n) is 4.11. The Hall–Kier alpha value is -2.22. The first kappa shape index (κ1) is 20.1. The van der Waals surface area contributed by atoms with Crippen molar-refractivity contribution in [3.8, 4) is 10.4 Å². The predicted molar refractivity (Wildman–Crippen MR) is 118 cm³/mol.